The minimum absolute atomic E-state index is 0.250. The molecule has 3 aromatic carbocycles. The molecule has 2 heterocycles. The SMILES string of the molecule is Oc1ccc(-c2ncc3ccc4ncnc5ccc2c3c45)cc1. The quantitative estimate of drug-likeness (QED) is 0.472. The number of hydrogen-bond acceptors (Lipinski definition) is 4. The van der Waals surface area contributed by atoms with E-state index >= 15 is 0 Å². The van der Waals surface area contributed by atoms with Crippen molar-refractivity contribution in [2.75, 3.05) is 0 Å². The van der Waals surface area contributed by atoms with E-state index in [4.69, 9.17) is 0 Å². The van der Waals surface area contributed by atoms with Crippen LogP contribution in [0.15, 0.2) is 61.1 Å². The Bertz CT molecular complexity index is 1150. The van der Waals surface area contributed by atoms with Crippen LogP contribution in [0, 0.1) is 0 Å². The van der Waals surface area contributed by atoms with Crippen molar-refractivity contribution >= 4 is 32.6 Å². The summed E-state index contributed by atoms with van der Waals surface area (Å²) in [7, 11) is 0. The number of phenols is 1. The topological polar surface area (TPSA) is 58.9 Å². The minimum Gasteiger partial charge on any atom is -0.508 e. The van der Waals surface area contributed by atoms with Crippen molar-refractivity contribution in [2.24, 2.45) is 0 Å². The first-order chi connectivity index (χ1) is 11.3. The molecule has 23 heavy (non-hydrogen) atoms. The average Bonchev–Trinajstić information content (AvgIpc) is 2.60. The summed E-state index contributed by atoms with van der Waals surface area (Å²) in [5, 5.41) is 13.9. The molecule has 0 aliphatic heterocycles. The van der Waals surface area contributed by atoms with E-state index in [1.54, 1.807) is 18.5 Å². The Morgan fingerprint density at radius 2 is 1.43 bits per heavy atom. The Morgan fingerprint density at radius 1 is 0.696 bits per heavy atom. The number of aromatic hydroxyl groups is 1. The summed E-state index contributed by atoms with van der Waals surface area (Å²) in [6.45, 7) is 0. The molecule has 1 N–H and O–H groups in total. The van der Waals surface area contributed by atoms with Gasteiger partial charge in [0.15, 0.2) is 0 Å². The van der Waals surface area contributed by atoms with E-state index < -0.39 is 0 Å². The number of rotatable bonds is 1. The van der Waals surface area contributed by atoms with Crippen LogP contribution in [0.1, 0.15) is 0 Å². The predicted molar refractivity (Wildman–Crippen MR) is 90.6 cm³/mol. The molecule has 5 rings (SSSR count). The number of hydrogen-bond donors (Lipinski definition) is 1. The van der Waals surface area contributed by atoms with Crippen LogP contribution in [0.25, 0.3) is 43.8 Å². The fourth-order valence-corrected chi connectivity index (χ4v) is 3.21. The summed E-state index contributed by atoms with van der Waals surface area (Å²) >= 11 is 0. The molecule has 0 radical (unpaired) electrons. The first-order valence-electron chi connectivity index (χ1n) is 7.35. The van der Waals surface area contributed by atoms with Gasteiger partial charge in [-0.25, -0.2) is 9.97 Å². The van der Waals surface area contributed by atoms with Crippen molar-refractivity contribution in [2.45, 2.75) is 0 Å². The first kappa shape index (κ1) is 12.3. The van der Waals surface area contributed by atoms with Crippen LogP contribution in [0.3, 0.4) is 0 Å². The van der Waals surface area contributed by atoms with Gasteiger partial charge >= 0.3 is 0 Å². The van der Waals surface area contributed by atoms with Crippen LogP contribution in [-0.4, -0.2) is 20.1 Å². The maximum Gasteiger partial charge on any atom is 0.116 e. The van der Waals surface area contributed by atoms with E-state index in [-0.39, 0.29) is 5.75 Å². The molecule has 0 unspecified atom stereocenters. The smallest absolute Gasteiger partial charge is 0.116 e. The average molecular weight is 297 g/mol. The highest BCUT2D eigenvalue weighted by molar-refractivity contribution is 6.23. The number of benzene rings is 3. The molecule has 4 heteroatoms. The van der Waals surface area contributed by atoms with Crippen molar-refractivity contribution in [3.8, 4) is 17.0 Å². The van der Waals surface area contributed by atoms with Crippen molar-refractivity contribution < 1.29 is 5.11 Å². The molecule has 0 aliphatic rings. The van der Waals surface area contributed by atoms with E-state index in [1.165, 1.54) is 0 Å². The van der Waals surface area contributed by atoms with Gasteiger partial charge in [0.1, 0.15) is 12.1 Å². The molecular weight excluding hydrogens is 286 g/mol. The van der Waals surface area contributed by atoms with Gasteiger partial charge in [-0.3, -0.25) is 4.98 Å². The Hall–Kier alpha value is -3.27. The molecule has 0 atom stereocenters. The Labute approximate surface area is 131 Å². The van der Waals surface area contributed by atoms with Crippen LogP contribution >= 0.6 is 0 Å². The molecule has 0 saturated carbocycles. The molecule has 5 aromatic rings. The summed E-state index contributed by atoms with van der Waals surface area (Å²) in [4.78, 5) is 13.4. The van der Waals surface area contributed by atoms with E-state index in [0.717, 1.165) is 43.8 Å². The molecule has 0 amide bonds. The highest BCUT2D eigenvalue weighted by atomic mass is 16.3. The number of nitrogens with zero attached hydrogens (tertiary/aromatic N) is 3. The number of aromatic nitrogens is 3. The second-order valence-electron chi connectivity index (χ2n) is 5.58. The van der Waals surface area contributed by atoms with Gasteiger partial charge in [-0.15, -0.1) is 0 Å². The third-order valence-electron chi connectivity index (χ3n) is 4.27. The van der Waals surface area contributed by atoms with Gasteiger partial charge < -0.3 is 5.11 Å². The second-order valence-corrected chi connectivity index (χ2v) is 5.58. The zero-order chi connectivity index (χ0) is 15.4. The van der Waals surface area contributed by atoms with Crippen LogP contribution < -0.4 is 0 Å². The number of pyridine rings is 1. The Morgan fingerprint density at radius 3 is 2.22 bits per heavy atom. The van der Waals surface area contributed by atoms with Gasteiger partial charge in [0.25, 0.3) is 0 Å². The monoisotopic (exact) mass is 297 g/mol. The van der Waals surface area contributed by atoms with E-state index in [0.29, 0.717) is 0 Å². The fourth-order valence-electron chi connectivity index (χ4n) is 3.21. The number of phenolic OH excluding ortho intramolecular Hbond substituents is 1. The molecule has 0 bridgehead atoms. The summed E-state index contributed by atoms with van der Waals surface area (Å²) < 4.78 is 0. The van der Waals surface area contributed by atoms with Gasteiger partial charge in [0, 0.05) is 33.3 Å². The largest absolute Gasteiger partial charge is 0.508 e. The zero-order valence-corrected chi connectivity index (χ0v) is 12.1. The Kier molecular flexibility index (Phi) is 2.33. The lowest BCUT2D eigenvalue weighted by Crippen LogP contribution is -1.92. The van der Waals surface area contributed by atoms with Crippen LogP contribution in [0.4, 0.5) is 0 Å². The lowest BCUT2D eigenvalue weighted by atomic mass is 9.96. The van der Waals surface area contributed by atoms with Crippen LogP contribution in [-0.2, 0) is 0 Å². The van der Waals surface area contributed by atoms with E-state index in [1.807, 2.05) is 36.5 Å². The van der Waals surface area contributed by atoms with Crippen molar-refractivity contribution in [3.05, 3.63) is 61.1 Å². The van der Waals surface area contributed by atoms with Gasteiger partial charge in [-0.1, -0.05) is 6.07 Å². The highest BCUT2D eigenvalue weighted by Crippen LogP contribution is 2.36. The first-order valence-corrected chi connectivity index (χ1v) is 7.35. The molecule has 4 nitrogen and oxygen atoms in total. The summed E-state index contributed by atoms with van der Waals surface area (Å²) in [6, 6.07) is 15.2. The van der Waals surface area contributed by atoms with Crippen molar-refractivity contribution in [3.63, 3.8) is 0 Å². The molecule has 0 fully saturated rings. The lowest BCUT2D eigenvalue weighted by molar-refractivity contribution is 0.475. The van der Waals surface area contributed by atoms with Crippen LogP contribution in [0.2, 0.25) is 0 Å². The minimum atomic E-state index is 0.250. The van der Waals surface area contributed by atoms with Crippen LogP contribution in [0.5, 0.6) is 5.75 Å². The maximum atomic E-state index is 9.50. The molecule has 0 aliphatic carbocycles. The Balaban J connectivity index is 1.96. The van der Waals surface area contributed by atoms with Crippen molar-refractivity contribution in [1.82, 2.24) is 15.0 Å². The van der Waals surface area contributed by atoms with Crippen molar-refractivity contribution in [1.29, 1.82) is 0 Å². The second kappa shape index (κ2) is 4.36. The molecule has 108 valence electrons. The molecule has 0 saturated heterocycles. The fraction of sp³-hybridized carbons (Fsp3) is 0. The molecular formula is C19H11N3O. The van der Waals surface area contributed by atoms with Gasteiger partial charge in [-0.05, 0) is 42.5 Å². The zero-order valence-electron chi connectivity index (χ0n) is 12.1. The third kappa shape index (κ3) is 1.69. The summed E-state index contributed by atoms with van der Waals surface area (Å²) in [5.74, 6) is 0.250. The maximum absolute atomic E-state index is 9.50. The predicted octanol–water partition coefficient (Wildman–Crippen LogP) is 4.14. The molecule has 2 aromatic heterocycles. The van der Waals surface area contributed by atoms with E-state index in [2.05, 4.69) is 21.0 Å². The highest BCUT2D eigenvalue weighted by Gasteiger charge is 2.13. The summed E-state index contributed by atoms with van der Waals surface area (Å²) in [5.41, 5.74) is 3.75. The standard InChI is InChI=1S/C19H11N3O/c23-13-4-1-11(2-5-13)19-14-6-8-16-18-15(21-10-22-16)7-3-12(9-20-19)17(14)18/h1-10,23H. The third-order valence-corrected chi connectivity index (χ3v) is 4.27. The van der Waals surface area contributed by atoms with Gasteiger partial charge in [-0.2, -0.15) is 0 Å². The van der Waals surface area contributed by atoms with Gasteiger partial charge in [0.05, 0.1) is 16.7 Å². The lowest BCUT2D eigenvalue weighted by Gasteiger charge is -2.12. The van der Waals surface area contributed by atoms with Gasteiger partial charge in [0.2, 0.25) is 0 Å². The normalized spacial score (nSPS) is 11.7. The summed E-state index contributed by atoms with van der Waals surface area (Å²) in [6.07, 6.45) is 3.48. The molecule has 0 spiro atoms. The van der Waals surface area contributed by atoms with E-state index in [9.17, 15) is 5.11 Å².